The van der Waals surface area contributed by atoms with Gasteiger partial charge in [-0.2, -0.15) is 5.21 Å². The smallest absolute Gasteiger partial charge is 1.00 e. The van der Waals surface area contributed by atoms with Crippen LogP contribution in [-0.4, -0.2) is 27.2 Å². The molecule has 0 spiro atoms. The normalized spacial score (nSPS) is 10.7. The van der Waals surface area contributed by atoms with Crippen molar-refractivity contribution in [2.45, 2.75) is 6.92 Å². The number of H-pyrrole nitrogens is 1. The van der Waals surface area contributed by atoms with Crippen LogP contribution in [0.15, 0.2) is 45.6 Å². The first-order chi connectivity index (χ1) is 11.3. The fourth-order valence-corrected chi connectivity index (χ4v) is 2.51. The molecule has 24 heavy (non-hydrogen) atoms. The van der Waals surface area contributed by atoms with E-state index in [4.69, 9.17) is 9.15 Å². The van der Waals surface area contributed by atoms with Gasteiger partial charge >= 0.3 is 29.6 Å². The monoisotopic (exact) mass is 332 g/mol. The number of aromatic nitrogens is 4. The number of tetrazole rings is 1. The number of aromatic amines is 1. The van der Waals surface area contributed by atoms with Gasteiger partial charge in [0.25, 0.3) is 0 Å². The van der Waals surface area contributed by atoms with Gasteiger partial charge in [-0.05, 0) is 42.5 Å². The largest absolute Gasteiger partial charge is 1.00 e. The van der Waals surface area contributed by atoms with Crippen molar-refractivity contribution in [1.29, 1.82) is 0 Å². The Balaban J connectivity index is 0.00000113. The van der Waals surface area contributed by atoms with Crippen LogP contribution < -0.4 is 39.7 Å². The van der Waals surface area contributed by atoms with Crippen LogP contribution in [0.1, 0.15) is 8.35 Å². The number of ether oxygens (including phenoxy) is 1. The van der Waals surface area contributed by atoms with Crippen molar-refractivity contribution < 1.29 is 40.1 Å². The molecule has 1 N–H and O–H groups in total. The van der Waals surface area contributed by atoms with Crippen LogP contribution in [0.4, 0.5) is 0 Å². The summed E-state index contributed by atoms with van der Waals surface area (Å²) < 4.78 is 11.3. The molecule has 0 aliphatic rings. The SMILES string of the molecule is CCOc1ccc2oc3cc(-c4nn[nH]n4)ccc3c(=O)c2c1.[H-].[Na+]. The fourth-order valence-electron chi connectivity index (χ4n) is 2.51. The van der Waals surface area contributed by atoms with E-state index in [9.17, 15) is 4.79 Å². The minimum Gasteiger partial charge on any atom is -1.00 e. The zero-order chi connectivity index (χ0) is 15.8. The quantitative estimate of drug-likeness (QED) is 0.407. The van der Waals surface area contributed by atoms with Gasteiger partial charge in [-0.1, -0.05) is 6.07 Å². The van der Waals surface area contributed by atoms with Gasteiger partial charge in [0.05, 0.1) is 17.4 Å². The summed E-state index contributed by atoms with van der Waals surface area (Å²) in [6.07, 6.45) is 0. The van der Waals surface area contributed by atoms with Gasteiger partial charge in [0.15, 0.2) is 0 Å². The summed E-state index contributed by atoms with van der Waals surface area (Å²) in [5.41, 5.74) is 1.62. The minimum atomic E-state index is -0.0949. The van der Waals surface area contributed by atoms with Crippen molar-refractivity contribution in [3.8, 4) is 17.1 Å². The molecule has 0 fully saturated rings. The summed E-state index contributed by atoms with van der Waals surface area (Å²) in [5, 5.41) is 14.8. The summed E-state index contributed by atoms with van der Waals surface area (Å²) in [4.78, 5) is 12.7. The van der Waals surface area contributed by atoms with Crippen molar-refractivity contribution in [1.82, 2.24) is 20.6 Å². The van der Waals surface area contributed by atoms with Crippen molar-refractivity contribution >= 4 is 21.9 Å². The number of fused-ring (bicyclic) bond motifs is 2. The molecule has 0 radical (unpaired) electrons. The first kappa shape index (κ1) is 16.6. The van der Waals surface area contributed by atoms with Gasteiger partial charge in [0, 0.05) is 5.56 Å². The van der Waals surface area contributed by atoms with E-state index < -0.39 is 0 Å². The van der Waals surface area contributed by atoms with Gasteiger partial charge in [-0.25, -0.2) is 0 Å². The second kappa shape index (κ2) is 6.72. The van der Waals surface area contributed by atoms with Crippen LogP contribution in [-0.2, 0) is 0 Å². The topological polar surface area (TPSA) is 93.9 Å². The molecule has 8 heteroatoms. The van der Waals surface area contributed by atoms with E-state index in [1.54, 1.807) is 36.4 Å². The van der Waals surface area contributed by atoms with Gasteiger partial charge in [-0.15, -0.1) is 10.2 Å². The van der Waals surface area contributed by atoms with Gasteiger partial charge in [0.1, 0.15) is 16.9 Å². The molecule has 0 saturated carbocycles. The van der Waals surface area contributed by atoms with Crippen LogP contribution in [0.5, 0.6) is 5.75 Å². The van der Waals surface area contributed by atoms with E-state index in [1.165, 1.54) is 0 Å². The molecule has 4 rings (SSSR count). The molecule has 0 atom stereocenters. The van der Waals surface area contributed by atoms with E-state index in [-0.39, 0.29) is 36.4 Å². The first-order valence-corrected chi connectivity index (χ1v) is 7.13. The third-order valence-electron chi connectivity index (χ3n) is 3.56. The first-order valence-electron chi connectivity index (χ1n) is 7.13. The van der Waals surface area contributed by atoms with E-state index in [2.05, 4.69) is 20.6 Å². The molecule has 0 unspecified atom stereocenters. The molecule has 0 bridgehead atoms. The maximum absolute atomic E-state index is 12.7. The molecule has 0 saturated heterocycles. The molecule has 0 aliphatic carbocycles. The van der Waals surface area contributed by atoms with Gasteiger partial charge < -0.3 is 10.6 Å². The van der Waals surface area contributed by atoms with E-state index >= 15 is 0 Å². The second-order valence-corrected chi connectivity index (χ2v) is 4.97. The Bertz CT molecular complexity index is 1070. The molecular formula is C16H13N4NaO3. The van der Waals surface area contributed by atoms with Crippen LogP contribution in [0.3, 0.4) is 0 Å². The van der Waals surface area contributed by atoms with E-state index in [1.807, 2.05) is 6.92 Å². The predicted molar refractivity (Wildman–Crippen MR) is 85.4 cm³/mol. The van der Waals surface area contributed by atoms with E-state index in [0.29, 0.717) is 40.1 Å². The molecule has 116 valence electrons. The summed E-state index contributed by atoms with van der Waals surface area (Å²) in [7, 11) is 0. The zero-order valence-corrected chi connectivity index (χ0v) is 15.2. The summed E-state index contributed by atoms with van der Waals surface area (Å²) in [6, 6.07) is 10.4. The third kappa shape index (κ3) is 2.82. The number of hydrogen-bond acceptors (Lipinski definition) is 6. The predicted octanol–water partition coefficient (Wildman–Crippen LogP) is -0.359. The molecule has 0 aliphatic heterocycles. The Hall–Kier alpha value is -2.22. The van der Waals surface area contributed by atoms with Gasteiger partial charge in [-0.3, -0.25) is 4.79 Å². The van der Waals surface area contributed by atoms with Crippen molar-refractivity contribution in [3.63, 3.8) is 0 Å². The van der Waals surface area contributed by atoms with Crippen molar-refractivity contribution in [3.05, 3.63) is 46.6 Å². The molecular weight excluding hydrogens is 319 g/mol. The maximum Gasteiger partial charge on any atom is 1.00 e. The molecule has 2 heterocycles. The Morgan fingerprint density at radius 1 is 1.17 bits per heavy atom. The summed E-state index contributed by atoms with van der Waals surface area (Å²) in [5.74, 6) is 1.09. The van der Waals surface area contributed by atoms with Crippen LogP contribution in [0.2, 0.25) is 0 Å². The van der Waals surface area contributed by atoms with Crippen LogP contribution >= 0.6 is 0 Å². The molecule has 7 nitrogen and oxygen atoms in total. The van der Waals surface area contributed by atoms with E-state index in [0.717, 1.165) is 5.56 Å². The Morgan fingerprint density at radius 3 is 2.79 bits per heavy atom. The Kier molecular flexibility index (Phi) is 4.66. The maximum atomic E-state index is 12.7. The minimum absolute atomic E-state index is 0. The van der Waals surface area contributed by atoms with Crippen molar-refractivity contribution in [2.75, 3.05) is 6.61 Å². The second-order valence-electron chi connectivity index (χ2n) is 4.97. The standard InChI is InChI=1S/C16H12N4O3.Na.H/c1-2-22-10-4-6-13-12(8-10)15(21)11-5-3-9(7-14(11)23-13)16-17-19-20-18-16;;/h3-8H,2H2,1H3,(H,17,18,19,20);;/q;+1;-1. The van der Waals surface area contributed by atoms with Crippen molar-refractivity contribution in [2.24, 2.45) is 0 Å². The molecule has 4 aromatic rings. The van der Waals surface area contributed by atoms with Gasteiger partial charge in [0.2, 0.25) is 11.3 Å². The van der Waals surface area contributed by atoms with Crippen LogP contribution in [0.25, 0.3) is 33.3 Å². The molecule has 0 amide bonds. The average Bonchev–Trinajstić information content (AvgIpc) is 3.10. The summed E-state index contributed by atoms with van der Waals surface area (Å²) in [6.45, 7) is 2.44. The van der Waals surface area contributed by atoms with Crippen LogP contribution in [0, 0.1) is 0 Å². The number of rotatable bonds is 3. The molecule has 2 aromatic heterocycles. The Morgan fingerprint density at radius 2 is 2.04 bits per heavy atom. The average molecular weight is 332 g/mol. The number of benzene rings is 2. The zero-order valence-electron chi connectivity index (χ0n) is 14.2. The number of hydrogen-bond donors (Lipinski definition) is 1. The fraction of sp³-hybridized carbons (Fsp3) is 0.125. The molecule has 2 aromatic carbocycles. The third-order valence-corrected chi connectivity index (χ3v) is 3.56. The summed E-state index contributed by atoms with van der Waals surface area (Å²) >= 11 is 0. The Labute approximate surface area is 159 Å². The number of nitrogens with zero attached hydrogens (tertiary/aromatic N) is 3. The number of nitrogens with one attached hydrogen (secondary N) is 1.